The Kier molecular flexibility index (Phi) is 9.34. The van der Waals surface area contributed by atoms with E-state index in [1.165, 1.54) is 23.0 Å². The lowest BCUT2D eigenvalue weighted by atomic mass is 9.86. The number of carbonyl (C=O) groups excluding carboxylic acids is 1. The first-order valence-electron chi connectivity index (χ1n) is 15.0. The number of amides is 1. The topological polar surface area (TPSA) is 90.0 Å². The number of hydrogen-bond donors (Lipinski definition) is 0. The van der Waals surface area contributed by atoms with Crippen molar-refractivity contribution in [3.63, 3.8) is 0 Å². The molecule has 1 amide bonds. The van der Waals surface area contributed by atoms with E-state index < -0.39 is 21.8 Å². The van der Waals surface area contributed by atoms with E-state index in [9.17, 15) is 26.4 Å². The monoisotopic (exact) mass is 622 g/mol. The summed E-state index contributed by atoms with van der Waals surface area (Å²) in [5.74, 6) is 0.352. The fourth-order valence-corrected chi connectivity index (χ4v) is 7.71. The molecule has 0 spiro atoms. The number of sulfonamides is 1. The third-order valence-electron chi connectivity index (χ3n) is 9.57. The van der Waals surface area contributed by atoms with Crippen molar-refractivity contribution in [1.82, 2.24) is 24.1 Å². The number of likely N-dealkylation sites (tertiary alicyclic amines) is 2. The summed E-state index contributed by atoms with van der Waals surface area (Å²) in [6, 6.07) is 6.22. The number of anilines is 1. The van der Waals surface area contributed by atoms with Gasteiger partial charge in [0.05, 0.1) is 11.8 Å². The maximum absolute atomic E-state index is 13.6. The number of benzene rings is 1. The molecule has 9 nitrogen and oxygen atoms in total. The number of carbonyl (C=O) groups is 1. The van der Waals surface area contributed by atoms with Crippen molar-refractivity contribution >= 4 is 21.7 Å². The molecule has 5 rings (SSSR count). The van der Waals surface area contributed by atoms with Gasteiger partial charge in [-0.05, 0) is 76.1 Å². The van der Waals surface area contributed by atoms with E-state index in [2.05, 4.69) is 19.8 Å². The number of nitrogens with zero attached hydrogens (tertiary/aromatic N) is 6. The van der Waals surface area contributed by atoms with Crippen LogP contribution >= 0.6 is 0 Å². The van der Waals surface area contributed by atoms with Crippen LogP contribution in [-0.4, -0.2) is 103 Å². The van der Waals surface area contributed by atoms with Crippen molar-refractivity contribution in [2.45, 2.75) is 69.6 Å². The number of hydrogen-bond acceptors (Lipinski definition) is 7. The molecule has 0 saturated carbocycles. The van der Waals surface area contributed by atoms with E-state index in [4.69, 9.17) is 0 Å². The molecule has 43 heavy (non-hydrogen) atoms. The molecular formula is C30H41F3N6O3S. The van der Waals surface area contributed by atoms with Crippen molar-refractivity contribution in [1.29, 1.82) is 0 Å². The van der Waals surface area contributed by atoms with Crippen LogP contribution in [0.5, 0.6) is 0 Å². The molecule has 1 aromatic heterocycles. The molecule has 3 aliphatic rings. The SMILES string of the molecule is Cc1c(C(=O)N2CCC(N3CCC(N(C)S(C)(=O)=O)CC3)CC2)ncnc1N1CCC(c2ccccc2C(F)(F)F)CC1. The van der Waals surface area contributed by atoms with Gasteiger partial charge < -0.3 is 14.7 Å². The number of aromatic nitrogens is 2. The standard InChI is InChI=1S/C30H41F3N6O3S/c1-21-27(29(40)39-18-12-24(13-19-39)37-16-10-23(11-17-37)36(2)43(3,41)42)34-20-35-28(21)38-14-8-22(9-15-38)25-6-4-5-7-26(25)30(31,32)33/h4-7,20,22-24H,8-19H2,1-3H3. The van der Waals surface area contributed by atoms with E-state index >= 15 is 0 Å². The van der Waals surface area contributed by atoms with Gasteiger partial charge in [-0.15, -0.1) is 0 Å². The lowest BCUT2D eigenvalue weighted by Crippen LogP contribution is -2.52. The highest BCUT2D eigenvalue weighted by molar-refractivity contribution is 7.88. The van der Waals surface area contributed by atoms with Crippen molar-refractivity contribution in [3.05, 3.63) is 53.0 Å². The van der Waals surface area contributed by atoms with E-state index in [0.717, 1.165) is 44.8 Å². The van der Waals surface area contributed by atoms with Crippen molar-refractivity contribution in [2.24, 2.45) is 0 Å². The third kappa shape index (κ3) is 6.99. The van der Waals surface area contributed by atoms with E-state index in [0.29, 0.717) is 67.7 Å². The van der Waals surface area contributed by atoms with Gasteiger partial charge in [-0.3, -0.25) is 4.79 Å². The summed E-state index contributed by atoms with van der Waals surface area (Å²) >= 11 is 0. The first-order valence-corrected chi connectivity index (χ1v) is 16.9. The van der Waals surface area contributed by atoms with E-state index in [1.807, 2.05) is 11.8 Å². The fourth-order valence-electron chi connectivity index (χ4n) is 6.96. The Labute approximate surface area is 252 Å². The summed E-state index contributed by atoms with van der Waals surface area (Å²) in [5.41, 5.74) is 0.852. The van der Waals surface area contributed by atoms with E-state index in [1.54, 1.807) is 19.2 Å². The first-order chi connectivity index (χ1) is 20.3. The van der Waals surface area contributed by atoms with Crippen LogP contribution in [0.4, 0.5) is 19.0 Å². The molecule has 0 bridgehead atoms. The second kappa shape index (κ2) is 12.7. The van der Waals surface area contributed by atoms with Crippen LogP contribution in [0.2, 0.25) is 0 Å². The second-order valence-corrected chi connectivity index (χ2v) is 14.1. The average molecular weight is 623 g/mol. The predicted molar refractivity (Wildman–Crippen MR) is 159 cm³/mol. The Morgan fingerprint density at radius 1 is 0.930 bits per heavy atom. The van der Waals surface area contributed by atoms with Gasteiger partial charge in [0.15, 0.2) is 0 Å². The van der Waals surface area contributed by atoms with Crippen LogP contribution < -0.4 is 4.90 Å². The van der Waals surface area contributed by atoms with Crippen molar-refractivity contribution in [2.75, 3.05) is 57.5 Å². The predicted octanol–water partition coefficient (Wildman–Crippen LogP) is 4.15. The van der Waals surface area contributed by atoms with Crippen molar-refractivity contribution < 1.29 is 26.4 Å². The van der Waals surface area contributed by atoms with Crippen LogP contribution in [0.1, 0.15) is 71.6 Å². The Bertz CT molecular complexity index is 1400. The van der Waals surface area contributed by atoms with Gasteiger partial charge in [-0.25, -0.2) is 22.7 Å². The maximum Gasteiger partial charge on any atom is 0.416 e. The summed E-state index contributed by atoms with van der Waals surface area (Å²) < 4.78 is 66.0. The number of rotatable bonds is 6. The van der Waals surface area contributed by atoms with Gasteiger partial charge in [-0.1, -0.05) is 18.2 Å². The highest BCUT2D eigenvalue weighted by Crippen LogP contribution is 2.39. The lowest BCUT2D eigenvalue weighted by Gasteiger charge is -2.43. The maximum atomic E-state index is 13.6. The number of alkyl halides is 3. The normalized spacial score (nSPS) is 20.6. The molecule has 0 N–H and O–H groups in total. The molecule has 0 aliphatic carbocycles. The molecule has 13 heteroatoms. The van der Waals surface area contributed by atoms with Gasteiger partial charge in [0.1, 0.15) is 17.8 Å². The minimum atomic E-state index is -4.38. The Morgan fingerprint density at radius 2 is 1.56 bits per heavy atom. The van der Waals surface area contributed by atoms with Crippen LogP contribution in [0.3, 0.4) is 0 Å². The molecule has 4 heterocycles. The average Bonchev–Trinajstić information content (AvgIpc) is 3.00. The Hall–Kier alpha value is -2.77. The molecule has 3 aliphatic heterocycles. The molecule has 1 aromatic carbocycles. The molecule has 0 atom stereocenters. The zero-order valence-electron chi connectivity index (χ0n) is 25.1. The minimum absolute atomic E-state index is 0.0318. The fraction of sp³-hybridized carbons (Fsp3) is 0.633. The summed E-state index contributed by atoms with van der Waals surface area (Å²) in [5, 5.41) is 0. The zero-order valence-corrected chi connectivity index (χ0v) is 25.9. The van der Waals surface area contributed by atoms with Gasteiger partial charge in [0.25, 0.3) is 5.91 Å². The number of halogens is 3. The summed E-state index contributed by atoms with van der Waals surface area (Å²) in [4.78, 5) is 28.7. The third-order valence-corrected chi connectivity index (χ3v) is 10.9. The van der Waals surface area contributed by atoms with Crippen LogP contribution in [-0.2, 0) is 16.2 Å². The van der Waals surface area contributed by atoms with Gasteiger partial charge in [0.2, 0.25) is 10.0 Å². The molecule has 3 saturated heterocycles. The van der Waals surface area contributed by atoms with Crippen LogP contribution in [0.25, 0.3) is 0 Å². The van der Waals surface area contributed by atoms with Gasteiger partial charge in [-0.2, -0.15) is 13.2 Å². The summed E-state index contributed by atoms with van der Waals surface area (Å²) in [7, 11) is -1.55. The van der Waals surface area contributed by atoms with E-state index in [-0.39, 0.29) is 17.9 Å². The quantitative estimate of drug-likeness (QED) is 0.478. The van der Waals surface area contributed by atoms with Gasteiger partial charge in [0, 0.05) is 50.9 Å². The van der Waals surface area contributed by atoms with Gasteiger partial charge >= 0.3 is 6.18 Å². The first kappa shape index (κ1) is 31.6. The van der Waals surface area contributed by atoms with Crippen LogP contribution in [0, 0.1) is 6.92 Å². The second-order valence-electron chi connectivity index (χ2n) is 12.1. The summed E-state index contributed by atoms with van der Waals surface area (Å²) in [6.07, 6.45) is 2.71. The van der Waals surface area contributed by atoms with Crippen molar-refractivity contribution in [3.8, 4) is 0 Å². The highest BCUT2D eigenvalue weighted by atomic mass is 32.2. The highest BCUT2D eigenvalue weighted by Gasteiger charge is 2.37. The number of piperidine rings is 3. The Balaban J connectivity index is 1.17. The molecule has 236 valence electrons. The molecule has 3 fully saturated rings. The lowest BCUT2D eigenvalue weighted by molar-refractivity contribution is -0.138. The Morgan fingerprint density at radius 3 is 2.16 bits per heavy atom. The molecule has 0 radical (unpaired) electrons. The zero-order chi connectivity index (χ0) is 30.9. The van der Waals surface area contributed by atoms with Crippen LogP contribution in [0.15, 0.2) is 30.6 Å². The molecule has 2 aromatic rings. The molecular weight excluding hydrogens is 581 g/mol. The summed E-state index contributed by atoms with van der Waals surface area (Å²) in [6.45, 7) is 5.86. The minimum Gasteiger partial charge on any atom is -0.356 e. The smallest absolute Gasteiger partial charge is 0.356 e. The largest absolute Gasteiger partial charge is 0.416 e. The molecule has 0 unspecified atom stereocenters.